The number of halogens is 1. The maximum atomic E-state index is 11.6. The van der Waals surface area contributed by atoms with E-state index in [0.717, 1.165) is 17.6 Å². The lowest BCUT2D eigenvalue weighted by molar-refractivity contribution is 0.0952. The molecule has 0 unspecified atom stereocenters. The van der Waals surface area contributed by atoms with Gasteiger partial charge in [-0.15, -0.1) is 0 Å². The summed E-state index contributed by atoms with van der Waals surface area (Å²) in [4.78, 5) is 15.6. The molecular formula is C12H17BrN2O. The first-order chi connectivity index (χ1) is 7.74. The molecule has 0 aliphatic heterocycles. The van der Waals surface area contributed by atoms with Crippen molar-refractivity contribution in [3.63, 3.8) is 0 Å². The lowest BCUT2D eigenvalue weighted by Crippen LogP contribution is -2.24. The Labute approximate surface area is 105 Å². The van der Waals surface area contributed by atoms with Gasteiger partial charge < -0.3 is 5.32 Å². The van der Waals surface area contributed by atoms with Gasteiger partial charge in [-0.2, -0.15) is 0 Å². The maximum Gasteiger partial charge on any atom is 0.252 e. The molecular weight excluding hydrogens is 268 g/mol. The molecule has 4 heteroatoms. The summed E-state index contributed by atoms with van der Waals surface area (Å²) in [5.74, 6) is -0.0449. The van der Waals surface area contributed by atoms with Crippen LogP contribution in [-0.2, 0) is 0 Å². The first kappa shape index (κ1) is 13.2. The number of nitrogens with one attached hydrogen (secondary N) is 1. The second kappa shape index (κ2) is 7.39. The Hall–Kier alpha value is -0.900. The van der Waals surface area contributed by atoms with Gasteiger partial charge >= 0.3 is 0 Å². The lowest BCUT2D eigenvalue weighted by Gasteiger charge is -2.04. The number of hydrogen-bond acceptors (Lipinski definition) is 2. The van der Waals surface area contributed by atoms with Crippen molar-refractivity contribution >= 4 is 21.8 Å². The number of hydrogen-bond donors (Lipinski definition) is 1. The number of unbranched alkanes of at least 4 members (excludes halogenated alkanes) is 3. The number of pyridine rings is 1. The molecule has 0 radical (unpaired) electrons. The van der Waals surface area contributed by atoms with E-state index in [1.807, 2.05) is 0 Å². The van der Waals surface area contributed by atoms with Crippen LogP contribution >= 0.6 is 15.9 Å². The Bertz CT molecular complexity index is 324. The molecule has 88 valence electrons. The normalized spacial score (nSPS) is 10.1. The molecule has 0 bridgehead atoms. The monoisotopic (exact) mass is 284 g/mol. The first-order valence-corrected chi connectivity index (χ1v) is 6.43. The van der Waals surface area contributed by atoms with Gasteiger partial charge in [0.1, 0.15) is 4.60 Å². The topological polar surface area (TPSA) is 42.0 Å². The highest BCUT2D eigenvalue weighted by molar-refractivity contribution is 9.10. The lowest BCUT2D eigenvalue weighted by atomic mass is 10.2. The summed E-state index contributed by atoms with van der Waals surface area (Å²) in [5, 5.41) is 2.88. The van der Waals surface area contributed by atoms with Crippen LogP contribution in [0.1, 0.15) is 43.0 Å². The Morgan fingerprint density at radius 3 is 2.81 bits per heavy atom. The van der Waals surface area contributed by atoms with Crippen molar-refractivity contribution in [2.45, 2.75) is 32.6 Å². The molecule has 1 amide bonds. The molecule has 3 nitrogen and oxygen atoms in total. The van der Waals surface area contributed by atoms with Crippen molar-refractivity contribution in [2.75, 3.05) is 6.54 Å². The quantitative estimate of drug-likeness (QED) is 0.644. The molecule has 0 spiro atoms. The van der Waals surface area contributed by atoms with Gasteiger partial charge in [0.2, 0.25) is 0 Å². The second-order valence-corrected chi connectivity index (χ2v) is 4.50. The number of rotatable bonds is 6. The van der Waals surface area contributed by atoms with Crippen molar-refractivity contribution < 1.29 is 4.79 Å². The second-order valence-electron chi connectivity index (χ2n) is 3.69. The van der Waals surface area contributed by atoms with E-state index < -0.39 is 0 Å². The Morgan fingerprint density at radius 1 is 1.38 bits per heavy atom. The van der Waals surface area contributed by atoms with Crippen LogP contribution in [0.5, 0.6) is 0 Å². The predicted molar refractivity (Wildman–Crippen MR) is 68.4 cm³/mol. The fourth-order valence-electron chi connectivity index (χ4n) is 1.37. The van der Waals surface area contributed by atoms with Crippen LogP contribution in [0.15, 0.2) is 22.9 Å². The minimum absolute atomic E-state index is 0.0449. The van der Waals surface area contributed by atoms with Crippen molar-refractivity contribution in [1.82, 2.24) is 10.3 Å². The molecule has 1 aromatic rings. The third-order valence-corrected chi connectivity index (χ3v) is 2.77. The summed E-state index contributed by atoms with van der Waals surface area (Å²) < 4.78 is 0.743. The fraction of sp³-hybridized carbons (Fsp3) is 0.500. The summed E-state index contributed by atoms with van der Waals surface area (Å²) in [7, 11) is 0. The molecule has 1 N–H and O–H groups in total. The van der Waals surface area contributed by atoms with E-state index >= 15 is 0 Å². The van der Waals surface area contributed by atoms with E-state index in [4.69, 9.17) is 0 Å². The van der Waals surface area contributed by atoms with E-state index in [9.17, 15) is 4.79 Å². The van der Waals surface area contributed by atoms with E-state index in [1.165, 1.54) is 19.3 Å². The summed E-state index contributed by atoms with van der Waals surface area (Å²) in [6, 6.07) is 3.53. The standard InChI is InChI=1S/C12H17BrN2O/c1-2-3-4-5-8-14-12(16)10-6-7-11(13)15-9-10/h6-7,9H,2-5,8H2,1H3,(H,14,16). The summed E-state index contributed by atoms with van der Waals surface area (Å²) in [6.07, 6.45) is 6.24. The highest BCUT2D eigenvalue weighted by Crippen LogP contribution is 2.06. The average Bonchev–Trinajstić information content (AvgIpc) is 2.29. The highest BCUT2D eigenvalue weighted by Gasteiger charge is 2.04. The van der Waals surface area contributed by atoms with E-state index in [2.05, 4.69) is 33.2 Å². The minimum atomic E-state index is -0.0449. The zero-order chi connectivity index (χ0) is 11.8. The van der Waals surface area contributed by atoms with Gasteiger partial charge in [0.05, 0.1) is 5.56 Å². The van der Waals surface area contributed by atoms with Gasteiger partial charge in [0, 0.05) is 12.7 Å². The van der Waals surface area contributed by atoms with E-state index in [0.29, 0.717) is 5.56 Å². The van der Waals surface area contributed by atoms with Gasteiger partial charge in [-0.05, 0) is 34.5 Å². The zero-order valence-electron chi connectivity index (χ0n) is 9.50. The molecule has 0 fully saturated rings. The van der Waals surface area contributed by atoms with Crippen LogP contribution in [0.3, 0.4) is 0 Å². The van der Waals surface area contributed by atoms with Crippen LogP contribution in [0.2, 0.25) is 0 Å². The third-order valence-electron chi connectivity index (χ3n) is 2.31. The van der Waals surface area contributed by atoms with Crippen LogP contribution in [0.4, 0.5) is 0 Å². The number of nitrogens with zero attached hydrogens (tertiary/aromatic N) is 1. The van der Waals surface area contributed by atoms with E-state index in [-0.39, 0.29) is 5.91 Å². The molecule has 1 aromatic heterocycles. The minimum Gasteiger partial charge on any atom is -0.352 e. The average molecular weight is 285 g/mol. The molecule has 0 atom stereocenters. The van der Waals surface area contributed by atoms with E-state index in [1.54, 1.807) is 18.3 Å². The van der Waals surface area contributed by atoms with Crippen LogP contribution in [-0.4, -0.2) is 17.4 Å². The largest absolute Gasteiger partial charge is 0.352 e. The van der Waals surface area contributed by atoms with Gasteiger partial charge in [0.15, 0.2) is 0 Å². The molecule has 0 aliphatic carbocycles. The third kappa shape index (κ3) is 4.75. The fourth-order valence-corrected chi connectivity index (χ4v) is 1.60. The van der Waals surface area contributed by atoms with Crippen molar-refractivity contribution in [3.8, 4) is 0 Å². The number of carbonyl (C=O) groups excluding carboxylic acids is 1. The van der Waals surface area contributed by atoms with Crippen LogP contribution in [0.25, 0.3) is 0 Å². The SMILES string of the molecule is CCCCCCNC(=O)c1ccc(Br)nc1. The molecule has 0 saturated carbocycles. The molecule has 16 heavy (non-hydrogen) atoms. The summed E-state index contributed by atoms with van der Waals surface area (Å²) in [5.41, 5.74) is 0.610. The molecule has 0 saturated heterocycles. The maximum absolute atomic E-state index is 11.6. The molecule has 1 rings (SSSR count). The van der Waals surface area contributed by atoms with Crippen molar-refractivity contribution in [1.29, 1.82) is 0 Å². The Kier molecular flexibility index (Phi) is 6.08. The van der Waals surface area contributed by atoms with Gasteiger partial charge in [-0.25, -0.2) is 4.98 Å². The van der Waals surface area contributed by atoms with Crippen molar-refractivity contribution in [3.05, 3.63) is 28.5 Å². The number of carbonyl (C=O) groups is 1. The number of aromatic nitrogens is 1. The smallest absolute Gasteiger partial charge is 0.252 e. The summed E-state index contributed by atoms with van der Waals surface area (Å²) >= 11 is 3.23. The highest BCUT2D eigenvalue weighted by atomic mass is 79.9. The van der Waals surface area contributed by atoms with Gasteiger partial charge in [-0.3, -0.25) is 4.79 Å². The van der Waals surface area contributed by atoms with Gasteiger partial charge in [0.25, 0.3) is 5.91 Å². The Balaban J connectivity index is 2.27. The number of amides is 1. The van der Waals surface area contributed by atoms with Gasteiger partial charge in [-0.1, -0.05) is 26.2 Å². The molecule has 0 aliphatic rings. The van der Waals surface area contributed by atoms with Crippen LogP contribution < -0.4 is 5.32 Å². The molecule has 1 heterocycles. The predicted octanol–water partition coefficient (Wildman–Crippen LogP) is 3.15. The zero-order valence-corrected chi connectivity index (χ0v) is 11.1. The first-order valence-electron chi connectivity index (χ1n) is 5.63. The molecule has 0 aromatic carbocycles. The van der Waals surface area contributed by atoms with Crippen LogP contribution in [0, 0.1) is 0 Å². The van der Waals surface area contributed by atoms with Crippen molar-refractivity contribution in [2.24, 2.45) is 0 Å². The summed E-state index contributed by atoms with van der Waals surface area (Å²) in [6.45, 7) is 2.92. The Morgan fingerprint density at radius 2 is 2.19 bits per heavy atom.